The molecule has 4 rings (SSSR count). The molecular weight excluding hydrogens is 440 g/mol. The van der Waals surface area contributed by atoms with Gasteiger partial charge in [-0.2, -0.15) is 0 Å². The number of phenolic OH excluding ortho intramolecular Hbond substituents is 1. The zero-order chi connectivity index (χ0) is 24.2. The number of amides is 1. The van der Waals surface area contributed by atoms with E-state index in [2.05, 4.69) is 4.90 Å². The fourth-order valence-corrected chi connectivity index (χ4v) is 4.06. The van der Waals surface area contributed by atoms with Crippen LogP contribution in [0.4, 0.5) is 4.79 Å². The van der Waals surface area contributed by atoms with Gasteiger partial charge in [-0.15, -0.1) is 0 Å². The Labute approximate surface area is 198 Å². The highest BCUT2D eigenvalue weighted by molar-refractivity contribution is 6.15. The first-order chi connectivity index (χ1) is 16.4. The van der Waals surface area contributed by atoms with Gasteiger partial charge in [-0.25, -0.2) is 4.79 Å². The Balaban J connectivity index is 1.54. The molecule has 1 amide bonds. The number of ether oxygens (including phenoxy) is 4. The second kappa shape index (κ2) is 10.0. The third-order valence-electron chi connectivity index (χ3n) is 5.92. The lowest BCUT2D eigenvalue weighted by Gasteiger charge is -2.34. The largest absolute Gasteiger partial charge is 0.507 e. The molecule has 0 saturated carbocycles. The summed E-state index contributed by atoms with van der Waals surface area (Å²) in [5.41, 5.74) is 1.61. The summed E-state index contributed by atoms with van der Waals surface area (Å²) in [6.07, 6.45) is 1.31. The lowest BCUT2D eigenvalue weighted by Crippen LogP contribution is -2.48. The number of allylic oxidation sites excluding steroid dienone is 1. The Kier molecular flexibility index (Phi) is 6.93. The topological polar surface area (TPSA) is 97.8 Å². The highest BCUT2D eigenvalue weighted by atomic mass is 16.6. The fraction of sp³-hybridized carbons (Fsp3) is 0.360. The second-order valence-corrected chi connectivity index (χ2v) is 7.95. The molecule has 1 fully saturated rings. The van der Waals surface area contributed by atoms with Crippen LogP contribution in [0.2, 0.25) is 0 Å². The summed E-state index contributed by atoms with van der Waals surface area (Å²) in [5.74, 6) is 1.48. The zero-order valence-electron chi connectivity index (χ0n) is 19.5. The normalized spacial score (nSPS) is 16.9. The molecule has 9 nitrogen and oxygen atoms in total. The van der Waals surface area contributed by atoms with Crippen molar-refractivity contribution in [3.8, 4) is 23.0 Å². The number of Topliss-reactive ketones (excluding diaryl/α,β-unsaturated/α-hetero) is 1. The summed E-state index contributed by atoms with van der Waals surface area (Å²) in [4.78, 5) is 28.8. The van der Waals surface area contributed by atoms with Crippen molar-refractivity contribution < 1.29 is 33.6 Å². The van der Waals surface area contributed by atoms with Gasteiger partial charge in [-0.3, -0.25) is 9.69 Å². The number of hydrogen-bond acceptors (Lipinski definition) is 8. The van der Waals surface area contributed by atoms with Gasteiger partial charge in [0.05, 0.1) is 32.0 Å². The van der Waals surface area contributed by atoms with Crippen LogP contribution in [-0.4, -0.2) is 73.8 Å². The van der Waals surface area contributed by atoms with E-state index in [0.717, 1.165) is 0 Å². The maximum atomic E-state index is 13.0. The summed E-state index contributed by atoms with van der Waals surface area (Å²) in [5, 5.41) is 10.6. The van der Waals surface area contributed by atoms with Crippen LogP contribution in [0.25, 0.3) is 6.08 Å². The van der Waals surface area contributed by atoms with Gasteiger partial charge < -0.3 is 29.0 Å². The molecule has 0 aliphatic carbocycles. The van der Waals surface area contributed by atoms with Crippen molar-refractivity contribution in [3.05, 3.63) is 52.8 Å². The van der Waals surface area contributed by atoms with Gasteiger partial charge in [0, 0.05) is 44.4 Å². The standard InChI is InChI=1S/C25H28N2O7/c1-4-33-25(30)27-11-9-26(10-12-27)15-19-20(28)8-7-18-23(29)22(34-24(18)19)13-16-5-6-17(31-2)14-21(16)32-3/h5-8,13-14,28H,4,9-12,15H2,1-3H3/b22-13+. The molecule has 0 atom stereocenters. The van der Waals surface area contributed by atoms with E-state index in [1.54, 1.807) is 56.4 Å². The number of fused-ring (bicyclic) bond motifs is 1. The maximum Gasteiger partial charge on any atom is 0.409 e. The van der Waals surface area contributed by atoms with Crippen LogP contribution in [0, 0.1) is 0 Å². The lowest BCUT2D eigenvalue weighted by molar-refractivity contribution is 0.0774. The predicted molar refractivity (Wildman–Crippen MR) is 124 cm³/mol. The van der Waals surface area contributed by atoms with Crippen molar-refractivity contribution in [3.63, 3.8) is 0 Å². The Hall–Kier alpha value is -3.72. The third kappa shape index (κ3) is 4.65. The molecular formula is C25H28N2O7. The van der Waals surface area contributed by atoms with Crippen molar-refractivity contribution in [1.29, 1.82) is 0 Å². The van der Waals surface area contributed by atoms with E-state index in [-0.39, 0.29) is 23.4 Å². The fourth-order valence-electron chi connectivity index (χ4n) is 4.06. The van der Waals surface area contributed by atoms with Crippen molar-refractivity contribution >= 4 is 18.0 Å². The van der Waals surface area contributed by atoms with Crippen molar-refractivity contribution in [2.45, 2.75) is 13.5 Å². The monoisotopic (exact) mass is 468 g/mol. The second-order valence-electron chi connectivity index (χ2n) is 7.95. The van der Waals surface area contributed by atoms with Gasteiger partial charge in [0.25, 0.3) is 0 Å². The molecule has 34 heavy (non-hydrogen) atoms. The van der Waals surface area contributed by atoms with Crippen molar-refractivity contribution in [1.82, 2.24) is 9.80 Å². The van der Waals surface area contributed by atoms with Crippen molar-refractivity contribution in [2.24, 2.45) is 0 Å². The molecule has 2 aromatic rings. The van der Waals surface area contributed by atoms with E-state index in [1.165, 1.54) is 6.07 Å². The van der Waals surface area contributed by atoms with Crippen LogP contribution in [0.5, 0.6) is 23.0 Å². The van der Waals surface area contributed by atoms with E-state index in [1.807, 2.05) is 0 Å². The molecule has 1 N–H and O–H groups in total. The molecule has 2 aliphatic heterocycles. The number of carbonyl (C=O) groups is 2. The van der Waals surface area contributed by atoms with Crippen LogP contribution >= 0.6 is 0 Å². The first-order valence-corrected chi connectivity index (χ1v) is 11.1. The molecule has 0 radical (unpaired) electrons. The van der Waals surface area contributed by atoms with E-state index in [0.29, 0.717) is 73.3 Å². The molecule has 0 spiro atoms. The summed E-state index contributed by atoms with van der Waals surface area (Å²) in [7, 11) is 3.11. The first-order valence-electron chi connectivity index (χ1n) is 11.1. The average molecular weight is 469 g/mol. The predicted octanol–water partition coefficient (Wildman–Crippen LogP) is 3.30. The molecule has 0 bridgehead atoms. The molecule has 2 aromatic carbocycles. The summed E-state index contributed by atoms with van der Waals surface area (Å²) in [6, 6.07) is 8.37. The maximum absolute atomic E-state index is 13.0. The number of benzene rings is 2. The molecule has 9 heteroatoms. The van der Waals surface area contributed by atoms with Crippen LogP contribution < -0.4 is 14.2 Å². The quantitative estimate of drug-likeness (QED) is 0.645. The molecule has 2 aliphatic rings. The third-order valence-corrected chi connectivity index (χ3v) is 5.92. The average Bonchev–Trinajstić information content (AvgIpc) is 3.17. The van der Waals surface area contributed by atoms with Gasteiger partial charge in [-0.05, 0) is 37.3 Å². The van der Waals surface area contributed by atoms with Crippen LogP contribution in [0.1, 0.15) is 28.4 Å². The number of aromatic hydroxyl groups is 1. The van der Waals surface area contributed by atoms with Gasteiger partial charge in [0.2, 0.25) is 5.78 Å². The minimum atomic E-state index is -0.316. The molecule has 0 aromatic heterocycles. The lowest BCUT2D eigenvalue weighted by atomic mass is 10.0. The van der Waals surface area contributed by atoms with E-state index >= 15 is 0 Å². The van der Waals surface area contributed by atoms with E-state index in [9.17, 15) is 14.7 Å². The Morgan fingerprint density at radius 1 is 1.12 bits per heavy atom. The summed E-state index contributed by atoms with van der Waals surface area (Å²) < 4.78 is 21.7. The number of carbonyl (C=O) groups excluding carboxylic acids is 2. The molecule has 1 saturated heterocycles. The molecule has 180 valence electrons. The molecule has 2 heterocycles. The summed E-state index contributed by atoms with van der Waals surface area (Å²) in [6.45, 7) is 4.78. The van der Waals surface area contributed by atoms with Gasteiger partial charge in [0.15, 0.2) is 5.76 Å². The Morgan fingerprint density at radius 3 is 2.56 bits per heavy atom. The number of ketones is 1. The van der Waals surface area contributed by atoms with Gasteiger partial charge >= 0.3 is 6.09 Å². The number of rotatable bonds is 6. The summed E-state index contributed by atoms with van der Waals surface area (Å²) >= 11 is 0. The minimum Gasteiger partial charge on any atom is -0.507 e. The van der Waals surface area contributed by atoms with Gasteiger partial charge in [-0.1, -0.05) is 0 Å². The smallest absolute Gasteiger partial charge is 0.409 e. The van der Waals surface area contributed by atoms with Gasteiger partial charge in [0.1, 0.15) is 23.0 Å². The minimum absolute atomic E-state index is 0.0580. The number of nitrogens with zero attached hydrogens (tertiary/aromatic N) is 2. The highest BCUT2D eigenvalue weighted by Crippen LogP contribution is 2.41. The van der Waals surface area contributed by atoms with Crippen LogP contribution in [-0.2, 0) is 11.3 Å². The van der Waals surface area contributed by atoms with E-state index < -0.39 is 0 Å². The number of hydrogen-bond donors (Lipinski definition) is 1. The molecule has 0 unspecified atom stereocenters. The number of methoxy groups -OCH3 is 2. The van der Waals surface area contributed by atoms with Crippen LogP contribution in [0.15, 0.2) is 36.1 Å². The number of phenols is 1. The first kappa shape index (κ1) is 23.4. The van der Waals surface area contributed by atoms with Crippen LogP contribution in [0.3, 0.4) is 0 Å². The van der Waals surface area contributed by atoms with E-state index in [4.69, 9.17) is 18.9 Å². The zero-order valence-corrected chi connectivity index (χ0v) is 19.5. The Bertz CT molecular complexity index is 1120. The van der Waals surface area contributed by atoms with Crippen molar-refractivity contribution in [2.75, 3.05) is 47.0 Å². The highest BCUT2D eigenvalue weighted by Gasteiger charge is 2.32. The number of piperazine rings is 1. The SMILES string of the molecule is CCOC(=O)N1CCN(Cc2c(O)ccc3c2O/C(=C/c2ccc(OC)cc2OC)C3=O)CC1. The Morgan fingerprint density at radius 2 is 1.88 bits per heavy atom.